The van der Waals surface area contributed by atoms with E-state index in [1.807, 2.05) is 0 Å². The summed E-state index contributed by atoms with van der Waals surface area (Å²) in [5, 5.41) is 0. The van der Waals surface area contributed by atoms with Gasteiger partial charge in [-0.05, 0) is 35.4 Å². The molecule has 0 aliphatic heterocycles. The minimum atomic E-state index is -4.96. The Morgan fingerprint density at radius 3 is 2.00 bits per heavy atom. The first-order valence-corrected chi connectivity index (χ1v) is 6.48. The molecule has 0 heterocycles. The SMILES string of the molecule is FC(F)Oc1cc(-c2cccc(OC(F)(F)F)c2)ccc1C(F)(F)F. The smallest absolute Gasteiger partial charge is 0.434 e. The van der Waals surface area contributed by atoms with Crippen LogP contribution in [0.1, 0.15) is 5.56 Å². The predicted octanol–water partition coefficient (Wildman–Crippen LogP) is 5.87. The first-order chi connectivity index (χ1) is 11.5. The molecule has 2 nitrogen and oxygen atoms in total. The van der Waals surface area contributed by atoms with Gasteiger partial charge in [-0.1, -0.05) is 18.2 Å². The van der Waals surface area contributed by atoms with E-state index < -0.39 is 36.2 Å². The minimum Gasteiger partial charge on any atom is -0.434 e. The molecule has 0 radical (unpaired) electrons. The Hall–Kier alpha value is -2.52. The second-order valence-corrected chi connectivity index (χ2v) is 4.66. The summed E-state index contributed by atoms with van der Waals surface area (Å²) >= 11 is 0. The second kappa shape index (κ2) is 6.77. The first-order valence-electron chi connectivity index (χ1n) is 6.48. The van der Waals surface area contributed by atoms with Gasteiger partial charge in [0.05, 0.1) is 5.56 Å². The van der Waals surface area contributed by atoms with Crippen molar-refractivity contribution >= 4 is 0 Å². The average Bonchev–Trinajstić information content (AvgIpc) is 2.43. The molecule has 2 rings (SSSR count). The van der Waals surface area contributed by atoms with Crippen LogP contribution in [0.2, 0.25) is 0 Å². The molecule has 0 bridgehead atoms. The van der Waals surface area contributed by atoms with Gasteiger partial charge in [0.1, 0.15) is 11.5 Å². The van der Waals surface area contributed by atoms with Crippen LogP contribution in [-0.4, -0.2) is 13.0 Å². The number of rotatable bonds is 4. The zero-order valence-electron chi connectivity index (χ0n) is 12.0. The van der Waals surface area contributed by atoms with Crippen molar-refractivity contribution in [3.8, 4) is 22.6 Å². The Balaban J connectivity index is 2.44. The fraction of sp³-hybridized carbons (Fsp3) is 0.200. The van der Waals surface area contributed by atoms with E-state index in [1.165, 1.54) is 12.1 Å². The van der Waals surface area contributed by atoms with Crippen molar-refractivity contribution in [2.24, 2.45) is 0 Å². The Kier molecular flexibility index (Phi) is 5.09. The summed E-state index contributed by atoms with van der Waals surface area (Å²) in [6, 6.07) is 6.43. The highest BCUT2D eigenvalue weighted by atomic mass is 19.4. The van der Waals surface area contributed by atoms with Crippen molar-refractivity contribution in [1.82, 2.24) is 0 Å². The van der Waals surface area contributed by atoms with Gasteiger partial charge in [-0.3, -0.25) is 0 Å². The molecule has 0 atom stereocenters. The quantitative estimate of drug-likeness (QED) is 0.625. The normalized spacial score (nSPS) is 12.4. The maximum absolute atomic E-state index is 12.8. The molecule has 0 aromatic heterocycles. The molecule has 0 N–H and O–H groups in total. The lowest BCUT2D eigenvalue weighted by Gasteiger charge is -2.15. The molecule has 136 valence electrons. The van der Waals surface area contributed by atoms with E-state index in [4.69, 9.17) is 0 Å². The van der Waals surface area contributed by atoms with Crippen LogP contribution in [-0.2, 0) is 6.18 Å². The Morgan fingerprint density at radius 2 is 1.44 bits per heavy atom. The lowest BCUT2D eigenvalue weighted by molar-refractivity contribution is -0.274. The number of hydrogen-bond acceptors (Lipinski definition) is 2. The van der Waals surface area contributed by atoms with E-state index in [-0.39, 0.29) is 11.1 Å². The van der Waals surface area contributed by atoms with E-state index in [1.54, 1.807) is 0 Å². The summed E-state index contributed by atoms with van der Waals surface area (Å²) in [6.07, 6.45) is -9.90. The molecule has 0 spiro atoms. The molecule has 10 heteroatoms. The topological polar surface area (TPSA) is 18.5 Å². The van der Waals surface area contributed by atoms with Gasteiger partial charge in [0.25, 0.3) is 0 Å². The molecular formula is C15H8F8O2. The molecule has 2 aromatic carbocycles. The zero-order chi connectivity index (χ0) is 18.8. The molecule has 0 aliphatic rings. The van der Waals surface area contributed by atoms with Gasteiger partial charge in [0.15, 0.2) is 0 Å². The molecule has 0 saturated carbocycles. The van der Waals surface area contributed by atoms with Gasteiger partial charge in [-0.25, -0.2) is 0 Å². The highest BCUT2D eigenvalue weighted by Gasteiger charge is 2.35. The van der Waals surface area contributed by atoms with Gasteiger partial charge in [0, 0.05) is 0 Å². The van der Waals surface area contributed by atoms with Crippen molar-refractivity contribution in [3.05, 3.63) is 48.0 Å². The standard InChI is InChI=1S/C15H8F8O2/c16-13(17)24-12-7-9(4-5-11(12)14(18,19)20)8-2-1-3-10(6-8)25-15(21,22)23/h1-7,13H. The summed E-state index contributed by atoms with van der Waals surface area (Å²) < 4.78 is 107. The number of benzene rings is 2. The summed E-state index contributed by atoms with van der Waals surface area (Å²) in [6.45, 7) is -3.50. The summed E-state index contributed by atoms with van der Waals surface area (Å²) in [4.78, 5) is 0. The van der Waals surface area contributed by atoms with Crippen molar-refractivity contribution in [1.29, 1.82) is 0 Å². The van der Waals surface area contributed by atoms with Crippen molar-refractivity contribution < 1.29 is 44.6 Å². The van der Waals surface area contributed by atoms with Crippen molar-refractivity contribution in [2.45, 2.75) is 19.2 Å². The first kappa shape index (κ1) is 18.8. The fourth-order valence-electron chi connectivity index (χ4n) is 2.00. The van der Waals surface area contributed by atoms with Crippen LogP contribution < -0.4 is 9.47 Å². The van der Waals surface area contributed by atoms with Crippen LogP contribution in [0, 0.1) is 0 Å². The number of alkyl halides is 8. The van der Waals surface area contributed by atoms with Gasteiger partial charge in [0.2, 0.25) is 0 Å². The van der Waals surface area contributed by atoms with Crippen LogP contribution >= 0.6 is 0 Å². The molecule has 0 saturated heterocycles. The van der Waals surface area contributed by atoms with Crippen LogP contribution in [0.25, 0.3) is 11.1 Å². The largest absolute Gasteiger partial charge is 0.573 e. The maximum Gasteiger partial charge on any atom is 0.573 e. The number of ether oxygens (including phenoxy) is 2. The third kappa shape index (κ3) is 5.23. The van der Waals surface area contributed by atoms with Crippen LogP contribution in [0.5, 0.6) is 11.5 Å². The molecule has 0 amide bonds. The van der Waals surface area contributed by atoms with Crippen LogP contribution in [0.4, 0.5) is 35.1 Å². The van der Waals surface area contributed by atoms with Crippen LogP contribution in [0.15, 0.2) is 42.5 Å². The monoisotopic (exact) mass is 372 g/mol. The van der Waals surface area contributed by atoms with E-state index >= 15 is 0 Å². The molecule has 0 unspecified atom stereocenters. The highest BCUT2D eigenvalue weighted by Crippen LogP contribution is 2.39. The summed E-state index contributed by atoms with van der Waals surface area (Å²) in [5.41, 5.74) is -1.47. The van der Waals surface area contributed by atoms with Gasteiger partial charge >= 0.3 is 19.2 Å². The third-order valence-corrected chi connectivity index (χ3v) is 2.90. The lowest BCUT2D eigenvalue weighted by Crippen LogP contribution is -2.17. The Labute approximate surface area is 135 Å². The van der Waals surface area contributed by atoms with Crippen molar-refractivity contribution in [3.63, 3.8) is 0 Å². The van der Waals surface area contributed by atoms with E-state index in [0.717, 1.165) is 18.2 Å². The predicted molar refractivity (Wildman–Crippen MR) is 70.2 cm³/mol. The van der Waals surface area contributed by atoms with Gasteiger partial charge < -0.3 is 9.47 Å². The summed E-state index contributed by atoms with van der Waals surface area (Å²) in [7, 11) is 0. The maximum atomic E-state index is 12.8. The fourth-order valence-corrected chi connectivity index (χ4v) is 2.00. The molecule has 2 aromatic rings. The molecule has 25 heavy (non-hydrogen) atoms. The minimum absolute atomic E-state index is 0.0228. The van der Waals surface area contributed by atoms with E-state index in [2.05, 4.69) is 9.47 Å². The van der Waals surface area contributed by atoms with Gasteiger partial charge in [-0.15, -0.1) is 13.2 Å². The average molecular weight is 372 g/mol. The van der Waals surface area contributed by atoms with E-state index in [0.29, 0.717) is 12.1 Å². The second-order valence-electron chi connectivity index (χ2n) is 4.66. The lowest BCUT2D eigenvalue weighted by atomic mass is 10.0. The number of hydrogen-bond donors (Lipinski definition) is 0. The van der Waals surface area contributed by atoms with Crippen LogP contribution in [0.3, 0.4) is 0 Å². The zero-order valence-corrected chi connectivity index (χ0v) is 12.0. The van der Waals surface area contributed by atoms with Crippen molar-refractivity contribution in [2.75, 3.05) is 0 Å². The molecule has 0 aliphatic carbocycles. The molecular weight excluding hydrogens is 364 g/mol. The summed E-state index contributed by atoms with van der Waals surface area (Å²) in [5.74, 6) is -1.75. The van der Waals surface area contributed by atoms with Gasteiger partial charge in [-0.2, -0.15) is 22.0 Å². The number of halogens is 8. The van der Waals surface area contributed by atoms with E-state index in [9.17, 15) is 35.1 Å². The highest BCUT2D eigenvalue weighted by molar-refractivity contribution is 5.67. The third-order valence-electron chi connectivity index (χ3n) is 2.90. The Bertz CT molecular complexity index is 737. The Morgan fingerprint density at radius 1 is 0.800 bits per heavy atom. The molecule has 0 fully saturated rings.